The van der Waals surface area contributed by atoms with Crippen molar-refractivity contribution in [3.63, 3.8) is 0 Å². The minimum absolute atomic E-state index is 0. The van der Waals surface area contributed by atoms with E-state index in [4.69, 9.17) is 25.1 Å². The molecule has 18 nitrogen and oxygen atoms in total. The van der Waals surface area contributed by atoms with Gasteiger partial charge in [-0.15, -0.1) is 0 Å². The molecule has 266 valence electrons. The van der Waals surface area contributed by atoms with Crippen LogP contribution >= 0.6 is 22.6 Å². The summed E-state index contributed by atoms with van der Waals surface area (Å²) in [5, 5.41) is 29.8. The van der Waals surface area contributed by atoms with Gasteiger partial charge in [0.25, 0.3) is 11.4 Å². The number of ether oxygens (including phenoxy) is 5. The van der Waals surface area contributed by atoms with Crippen LogP contribution in [0.1, 0.15) is 32.5 Å². The fourth-order valence-corrected chi connectivity index (χ4v) is 3.01. The van der Waals surface area contributed by atoms with Gasteiger partial charge in [-0.05, 0) is 41.3 Å². The normalized spacial score (nSPS) is 8.57. The summed E-state index contributed by atoms with van der Waals surface area (Å²) < 4.78 is 23.4. The second-order valence-corrected chi connectivity index (χ2v) is 7.52. The van der Waals surface area contributed by atoms with Gasteiger partial charge in [-0.1, -0.05) is 22.6 Å². The van der Waals surface area contributed by atoms with Gasteiger partial charge in [-0.25, -0.2) is 14.4 Å². The summed E-state index contributed by atoms with van der Waals surface area (Å²) in [4.78, 5) is 54.5. The number of methoxy groups -OCH3 is 5. The van der Waals surface area contributed by atoms with Crippen molar-refractivity contribution in [1.29, 1.82) is 0 Å². The van der Waals surface area contributed by atoms with Crippen LogP contribution in [0, 0.1) is 20.2 Å². The van der Waals surface area contributed by atoms with Crippen molar-refractivity contribution in [3.8, 4) is 17.2 Å². The Morgan fingerprint density at radius 1 is 0.681 bits per heavy atom. The van der Waals surface area contributed by atoms with Crippen molar-refractivity contribution in [3.05, 3.63) is 91.5 Å². The molecule has 0 saturated heterocycles. The number of carboxylic acid groups (broad SMARTS) is 1. The fraction of sp³-hybridized carbons (Fsp3) is 0.222. The Bertz CT molecular complexity index is 1480. The summed E-state index contributed by atoms with van der Waals surface area (Å²) >= 11 is 2.15. The molecule has 20 heteroatoms. The molecule has 0 aliphatic heterocycles. The van der Waals surface area contributed by atoms with E-state index >= 15 is 0 Å². The topological polar surface area (TPSA) is 293 Å². The average molecular weight is 876 g/mol. The maximum atomic E-state index is 11.2. The Morgan fingerprint density at radius 2 is 1.00 bits per heavy atom. The zero-order valence-corrected chi connectivity index (χ0v) is 29.4. The summed E-state index contributed by atoms with van der Waals surface area (Å²) in [5.74, 6) is -1.34. The van der Waals surface area contributed by atoms with Crippen molar-refractivity contribution in [2.75, 3.05) is 46.2 Å². The van der Waals surface area contributed by atoms with Crippen LogP contribution < -0.4 is 19.9 Å². The van der Waals surface area contributed by atoms with E-state index in [0.29, 0.717) is 22.7 Å². The SMILES string of the molecule is CI.COC(=O)c1ccc(OC)cc1N.COC(=O)c1ccc(OC)cc1[N+](=O)[O-].COc1ccc(C(=O)O)c([N+](=O)[O-])c1.O.O.[HH].[Pd]. The first kappa shape index (κ1) is 49.3. The minimum Gasteiger partial charge on any atom is -0.497 e. The van der Waals surface area contributed by atoms with Crippen LogP contribution in [-0.2, 0) is 29.9 Å². The van der Waals surface area contributed by atoms with Crippen molar-refractivity contribution in [2.45, 2.75) is 0 Å². The van der Waals surface area contributed by atoms with Crippen molar-refractivity contribution < 1.29 is 85.8 Å². The molecule has 0 fully saturated rings. The standard InChI is InChI=1S/C9H9NO5.C9H11NO3.C8H7NO5.CH3I.2H2O.Pd.H2/c1-14-6-3-4-7(9(11)15-2)8(5-6)10(12)13;1-12-6-3-4-7(8(10)5-6)9(11)13-2;1-14-5-2-3-6(8(10)11)7(4-5)9(12)13;1-2;;;;/h3-5H,1-2H3;3-5H,10H2,1-2H3;2-4H,1H3,(H,10,11);1H3;2*1H2;;1H. The molecule has 0 aromatic heterocycles. The quantitative estimate of drug-likeness (QED) is 0.0624. The molecule has 0 heterocycles. The van der Waals surface area contributed by atoms with Crippen LogP contribution in [0.3, 0.4) is 0 Å². The summed E-state index contributed by atoms with van der Waals surface area (Å²) in [6, 6.07) is 12.3. The number of hydrogen-bond acceptors (Lipinski definition) is 13. The second-order valence-electron chi connectivity index (χ2n) is 7.52. The largest absolute Gasteiger partial charge is 0.497 e. The second kappa shape index (κ2) is 25.6. The number of nitro groups is 2. The van der Waals surface area contributed by atoms with Gasteiger partial charge in [0.15, 0.2) is 0 Å². The molecule has 7 N–H and O–H groups in total. The van der Waals surface area contributed by atoms with E-state index in [-0.39, 0.29) is 55.4 Å². The predicted molar refractivity (Wildman–Crippen MR) is 176 cm³/mol. The smallest absolute Gasteiger partial charge is 0.344 e. The number of nitrogens with two attached hydrogens (primary N) is 1. The molecule has 0 amide bonds. The zero-order chi connectivity index (χ0) is 34.0. The minimum atomic E-state index is -1.33. The molecular weight excluding hydrogens is 840 g/mol. The van der Waals surface area contributed by atoms with Crippen LogP contribution in [0.2, 0.25) is 0 Å². The monoisotopic (exact) mass is 875 g/mol. The predicted octanol–water partition coefficient (Wildman–Crippen LogP) is 3.40. The van der Waals surface area contributed by atoms with E-state index in [2.05, 4.69) is 32.1 Å². The third kappa shape index (κ3) is 15.5. The Kier molecular flexibility index (Phi) is 26.8. The average Bonchev–Trinajstić information content (AvgIpc) is 3.04. The third-order valence-electron chi connectivity index (χ3n) is 5.10. The first-order chi connectivity index (χ1) is 20.8. The zero-order valence-electron chi connectivity index (χ0n) is 25.7. The van der Waals surface area contributed by atoms with E-state index in [1.807, 2.05) is 4.93 Å². The fourth-order valence-electron chi connectivity index (χ4n) is 3.01. The number of rotatable bonds is 8. The summed E-state index contributed by atoms with van der Waals surface area (Å²) in [6.45, 7) is 0. The number of benzene rings is 3. The van der Waals surface area contributed by atoms with E-state index in [1.54, 1.807) is 18.2 Å². The summed E-state index contributed by atoms with van der Waals surface area (Å²) in [7, 11) is 6.74. The van der Waals surface area contributed by atoms with Gasteiger partial charge in [0.05, 0.1) is 63.1 Å². The van der Waals surface area contributed by atoms with Crippen LogP contribution in [0.15, 0.2) is 54.6 Å². The van der Waals surface area contributed by atoms with Crippen LogP contribution in [-0.4, -0.2) is 84.3 Å². The van der Waals surface area contributed by atoms with E-state index in [9.17, 15) is 34.6 Å². The van der Waals surface area contributed by atoms with Crippen LogP contribution in [0.5, 0.6) is 17.2 Å². The van der Waals surface area contributed by atoms with Gasteiger partial charge in [0, 0.05) is 33.6 Å². The Labute approximate surface area is 297 Å². The molecular formula is C27H36IN3O15Pd. The van der Waals surface area contributed by atoms with Gasteiger partial charge in [-0.2, -0.15) is 0 Å². The van der Waals surface area contributed by atoms with Crippen molar-refractivity contribution in [2.24, 2.45) is 0 Å². The van der Waals surface area contributed by atoms with Gasteiger partial charge in [-0.3, -0.25) is 20.2 Å². The number of esters is 2. The Balaban J connectivity index is -0.000000181. The van der Waals surface area contributed by atoms with E-state index in [0.717, 1.165) is 19.2 Å². The van der Waals surface area contributed by atoms with Gasteiger partial charge < -0.3 is 45.5 Å². The molecule has 0 spiro atoms. The molecule has 47 heavy (non-hydrogen) atoms. The Hall–Kier alpha value is -4.62. The number of anilines is 1. The molecule has 0 atom stereocenters. The molecule has 0 aliphatic rings. The number of carbonyl (C=O) groups is 3. The number of nitrogen functional groups attached to an aromatic ring is 1. The third-order valence-corrected chi connectivity index (χ3v) is 5.10. The molecule has 0 aliphatic carbocycles. The van der Waals surface area contributed by atoms with Crippen molar-refractivity contribution in [1.82, 2.24) is 0 Å². The molecule has 0 saturated carbocycles. The van der Waals surface area contributed by atoms with E-state index in [1.165, 1.54) is 52.7 Å². The molecule has 3 aromatic carbocycles. The number of nitro benzene ring substituents is 2. The number of hydrogen-bond donors (Lipinski definition) is 2. The van der Waals surface area contributed by atoms with Gasteiger partial charge in [0.1, 0.15) is 28.4 Å². The molecule has 0 radical (unpaired) electrons. The Morgan fingerprint density at radius 3 is 1.32 bits per heavy atom. The molecule has 0 bridgehead atoms. The van der Waals surface area contributed by atoms with Crippen molar-refractivity contribution >= 4 is 57.6 Å². The number of halogens is 1. The first-order valence-corrected chi connectivity index (χ1v) is 13.9. The number of aromatic carboxylic acids is 1. The number of carbonyl (C=O) groups excluding carboxylic acids is 2. The van der Waals surface area contributed by atoms with Crippen LogP contribution in [0.4, 0.5) is 17.1 Å². The first-order valence-electron chi connectivity index (χ1n) is 11.7. The van der Waals surface area contributed by atoms with Gasteiger partial charge in [0.2, 0.25) is 0 Å². The molecule has 0 unspecified atom stereocenters. The maximum Gasteiger partial charge on any atom is 0.344 e. The summed E-state index contributed by atoms with van der Waals surface area (Å²) in [6.07, 6.45) is 0. The molecule has 3 aromatic rings. The number of alkyl halides is 1. The van der Waals surface area contributed by atoms with E-state index < -0.39 is 33.4 Å². The molecule has 3 rings (SSSR count). The number of nitrogens with zero attached hydrogens (tertiary/aromatic N) is 2. The number of carboxylic acids is 1. The van der Waals surface area contributed by atoms with Gasteiger partial charge >= 0.3 is 17.9 Å². The summed E-state index contributed by atoms with van der Waals surface area (Å²) in [5.41, 5.74) is 5.04. The van der Waals surface area contributed by atoms with Crippen LogP contribution in [0.25, 0.3) is 0 Å². The maximum absolute atomic E-state index is 11.2.